The average Bonchev–Trinajstić information content (AvgIpc) is 3.00. The summed E-state index contributed by atoms with van der Waals surface area (Å²) in [4.78, 5) is 69.9. The third-order valence-electron chi connectivity index (χ3n) is 6.24. The molecule has 2 rings (SSSR count). The standard InChI is InChI=1S/C30H35I2N3O11/c31-20-8-6-19(7-9-20)27(39)33-15-3-4-16-44-24-17-21(32)10-11-22(24)28(40)34-14-2-1-5-26(45-18-36)46-30(43)35-23(29(41)42)12-13-25(37)38/h6-11,17-18,23,26H,1-5,12-16H2,(H,33,39)(H,34,40)(H,35,43)(H,37,38)(H,41,42)/t23-,26-/m0/s1. The zero-order valence-corrected chi connectivity index (χ0v) is 29.0. The van der Waals surface area contributed by atoms with Crippen molar-refractivity contribution in [1.29, 1.82) is 0 Å². The molecule has 250 valence electrons. The lowest BCUT2D eigenvalue weighted by molar-refractivity contribution is -0.154. The Bertz CT molecular complexity index is 1340. The fourth-order valence-corrected chi connectivity index (χ4v) is 4.71. The number of halogens is 2. The number of carbonyl (C=O) groups excluding carboxylic acids is 4. The van der Waals surface area contributed by atoms with E-state index in [1.807, 2.05) is 17.4 Å². The van der Waals surface area contributed by atoms with Crippen molar-refractivity contribution in [1.82, 2.24) is 16.0 Å². The normalized spacial score (nSPS) is 11.8. The number of aliphatic carboxylic acids is 2. The van der Waals surface area contributed by atoms with E-state index < -0.39 is 36.8 Å². The number of alkyl carbamates (subject to hydrolysis) is 1. The Hall–Kier alpha value is -3.68. The minimum atomic E-state index is -1.50. The van der Waals surface area contributed by atoms with Crippen LogP contribution in [0.2, 0.25) is 0 Å². The van der Waals surface area contributed by atoms with Gasteiger partial charge in [-0.1, -0.05) is 0 Å². The van der Waals surface area contributed by atoms with E-state index >= 15 is 0 Å². The van der Waals surface area contributed by atoms with Gasteiger partial charge in [0.15, 0.2) is 0 Å². The number of carboxylic acid groups (broad SMARTS) is 2. The average molecular weight is 867 g/mol. The molecule has 0 saturated carbocycles. The zero-order valence-electron chi connectivity index (χ0n) is 24.7. The number of hydrogen-bond donors (Lipinski definition) is 5. The highest BCUT2D eigenvalue weighted by Crippen LogP contribution is 2.22. The molecular weight excluding hydrogens is 832 g/mol. The first kappa shape index (κ1) is 38.5. The van der Waals surface area contributed by atoms with Gasteiger partial charge in [0, 0.05) is 38.6 Å². The Morgan fingerprint density at radius 3 is 2.13 bits per heavy atom. The van der Waals surface area contributed by atoms with Crippen LogP contribution in [0, 0.1) is 7.14 Å². The maximum absolute atomic E-state index is 12.9. The van der Waals surface area contributed by atoms with Crippen molar-refractivity contribution < 1.29 is 53.2 Å². The molecular formula is C30H35I2N3O11. The highest BCUT2D eigenvalue weighted by Gasteiger charge is 2.24. The summed E-state index contributed by atoms with van der Waals surface area (Å²) >= 11 is 4.30. The molecule has 14 nitrogen and oxygen atoms in total. The molecule has 0 aliphatic carbocycles. The third kappa shape index (κ3) is 15.1. The summed E-state index contributed by atoms with van der Waals surface area (Å²) in [7, 11) is 0. The summed E-state index contributed by atoms with van der Waals surface area (Å²) in [6.07, 6.45) is -1.13. The van der Waals surface area contributed by atoms with E-state index in [0.29, 0.717) is 55.7 Å². The van der Waals surface area contributed by atoms with Crippen molar-refractivity contribution in [2.75, 3.05) is 19.7 Å². The van der Waals surface area contributed by atoms with Crippen molar-refractivity contribution in [3.8, 4) is 5.75 Å². The van der Waals surface area contributed by atoms with Crippen LogP contribution in [0.25, 0.3) is 0 Å². The first-order valence-electron chi connectivity index (χ1n) is 14.2. The van der Waals surface area contributed by atoms with Gasteiger partial charge in [-0.3, -0.25) is 19.2 Å². The lowest BCUT2D eigenvalue weighted by atomic mass is 10.1. The molecule has 46 heavy (non-hydrogen) atoms. The number of ether oxygens (including phenoxy) is 3. The van der Waals surface area contributed by atoms with Crippen molar-refractivity contribution in [3.05, 3.63) is 60.7 Å². The molecule has 0 bridgehead atoms. The van der Waals surface area contributed by atoms with Gasteiger partial charge in [0.2, 0.25) is 6.29 Å². The zero-order chi connectivity index (χ0) is 33.9. The highest BCUT2D eigenvalue weighted by molar-refractivity contribution is 14.1. The van der Waals surface area contributed by atoms with E-state index in [2.05, 4.69) is 55.8 Å². The van der Waals surface area contributed by atoms with E-state index in [9.17, 15) is 28.8 Å². The Kier molecular flexibility index (Phi) is 17.7. The number of rotatable bonds is 21. The first-order valence-corrected chi connectivity index (χ1v) is 16.4. The molecule has 2 aromatic rings. The summed E-state index contributed by atoms with van der Waals surface area (Å²) < 4.78 is 17.5. The summed E-state index contributed by atoms with van der Waals surface area (Å²) in [5.74, 6) is -2.74. The maximum Gasteiger partial charge on any atom is 0.410 e. The molecule has 2 atom stereocenters. The molecule has 3 amide bonds. The number of carboxylic acids is 2. The molecule has 0 unspecified atom stereocenters. The molecule has 0 aromatic heterocycles. The molecule has 0 saturated heterocycles. The minimum Gasteiger partial charge on any atom is -0.493 e. The van der Waals surface area contributed by atoms with E-state index in [1.165, 1.54) is 0 Å². The highest BCUT2D eigenvalue weighted by atomic mass is 127. The van der Waals surface area contributed by atoms with Crippen molar-refractivity contribution in [3.63, 3.8) is 0 Å². The van der Waals surface area contributed by atoms with Gasteiger partial charge in [-0.15, -0.1) is 0 Å². The quantitative estimate of drug-likeness (QED) is 0.0526. The molecule has 2 aromatic carbocycles. The predicted molar refractivity (Wildman–Crippen MR) is 180 cm³/mol. The molecule has 0 radical (unpaired) electrons. The topological polar surface area (TPSA) is 207 Å². The number of amides is 3. The minimum absolute atomic E-state index is 0.0674. The second-order valence-corrected chi connectivity index (χ2v) is 12.2. The van der Waals surface area contributed by atoms with E-state index in [-0.39, 0.29) is 37.7 Å². The van der Waals surface area contributed by atoms with Gasteiger partial charge in [0.05, 0.1) is 12.2 Å². The van der Waals surface area contributed by atoms with Crippen molar-refractivity contribution >= 4 is 81.5 Å². The third-order valence-corrected chi connectivity index (χ3v) is 7.63. The van der Waals surface area contributed by atoms with E-state index in [1.54, 1.807) is 30.3 Å². The van der Waals surface area contributed by atoms with Crippen LogP contribution in [0.15, 0.2) is 42.5 Å². The van der Waals surface area contributed by atoms with Gasteiger partial charge in [-0.05, 0) is 120 Å². The summed E-state index contributed by atoms with van der Waals surface area (Å²) in [5, 5.41) is 25.6. The van der Waals surface area contributed by atoms with Crippen LogP contribution in [0.3, 0.4) is 0 Å². The second kappa shape index (κ2) is 21.2. The summed E-state index contributed by atoms with van der Waals surface area (Å²) in [6.45, 7) is 1.16. The molecule has 5 N–H and O–H groups in total. The molecule has 0 heterocycles. The number of hydrogen-bond acceptors (Lipinski definition) is 9. The van der Waals surface area contributed by atoms with Gasteiger partial charge in [-0.2, -0.15) is 0 Å². The fraction of sp³-hybridized carbons (Fsp3) is 0.400. The van der Waals surface area contributed by atoms with Gasteiger partial charge < -0.3 is 40.4 Å². The van der Waals surface area contributed by atoms with Crippen LogP contribution in [0.5, 0.6) is 5.75 Å². The van der Waals surface area contributed by atoms with E-state index in [4.69, 9.17) is 24.4 Å². The summed E-state index contributed by atoms with van der Waals surface area (Å²) in [6, 6.07) is 11.0. The van der Waals surface area contributed by atoms with Crippen LogP contribution < -0.4 is 20.7 Å². The largest absolute Gasteiger partial charge is 0.493 e. The summed E-state index contributed by atoms with van der Waals surface area (Å²) in [5.41, 5.74) is 0.948. The first-order chi connectivity index (χ1) is 22.0. The van der Waals surface area contributed by atoms with Crippen LogP contribution in [0.4, 0.5) is 4.79 Å². The molecule has 0 aliphatic rings. The lowest BCUT2D eigenvalue weighted by Gasteiger charge is -2.18. The van der Waals surface area contributed by atoms with Crippen LogP contribution in [-0.2, 0) is 23.9 Å². The number of nitrogens with one attached hydrogen (secondary N) is 3. The van der Waals surface area contributed by atoms with Crippen LogP contribution >= 0.6 is 45.2 Å². The molecule has 0 aliphatic heterocycles. The number of carbonyl (C=O) groups is 6. The van der Waals surface area contributed by atoms with Crippen LogP contribution in [0.1, 0.15) is 65.7 Å². The Morgan fingerprint density at radius 1 is 0.826 bits per heavy atom. The SMILES string of the molecule is O=CO[C@H](CCCCNC(=O)c1ccc(I)cc1OCCCCNC(=O)c1ccc(I)cc1)OC(=O)N[C@@H](CCC(=O)O)C(=O)O. The fourth-order valence-electron chi connectivity index (χ4n) is 3.89. The van der Waals surface area contributed by atoms with Gasteiger partial charge in [-0.25, -0.2) is 9.59 Å². The number of benzene rings is 2. The predicted octanol–water partition coefficient (Wildman–Crippen LogP) is 3.93. The number of unbranched alkanes of at least 4 members (excludes halogenated alkanes) is 2. The maximum atomic E-state index is 12.9. The molecule has 16 heteroatoms. The van der Waals surface area contributed by atoms with Gasteiger partial charge in [0.25, 0.3) is 18.3 Å². The van der Waals surface area contributed by atoms with Gasteiger partial charge >= 0.3 is 18.0 Å². The van der Waals surface area contributed by atoms with Gasteiger partial charge in [0.1, 0.15) is 11.8 Å². The Labute approximate surface area is 292 Å². The lowest BCUT2D eigenvalue weighted by Crippen LogP contribution is -2.42. The smallest absolute Gasteiger partial charge is 0.410 e. The monoisotopic (exact) mass is 867 g/mol. The van der Waals surface area contributed by atoms with Crippen molar-refractivity contribution in [2.24, 2.45) is 0 Å². The molecule has 0 spiro atoms. The Morgan fingerprint density at radius 2 is 1.48 bits per heavy atom. The Balaban J connectivity index is 1.74. The van der Waals surface area contributed by atoms with Crippen LogP contribution in [-0.4, -0.2) is 78.6 Å². The van der Waals surface area contributed by atoms with E-state index in [0.717, 1.165) is 7.14 Å². The molecule has 0 fully saturated rings. The second-order valence-electron chi connectivity index (χ2n) is 9.75. The van der Waals surface area contributed by atoms with Crippen molar-refractivity contribution in [2.45, 2.75) is 57.3 Å².